The van der Waals surface area contributed by atoms with E-state index < -0.39 is 0 Å². The van der Waals surface area contributed by atoms with Crippen molar-refractivity contribution in [1.82, 2.24) is 5.32 Å². The number of rotatable bonds is 8. The summed E-state index contributed by atoms with van der Waals surface area (Å²) in [6.07, 6.45) is 0.377. The Hall–Kier alpha value is -0.520. The Morgan fingerprint density at radius 2 is 2.22 bits per heavy atom. The van der Waals surface area contributed by atoms with Gasteiger partial charge in [-0.3, -0.25) is 4.79 Å². The summed E-state index contributed by atoms with van der Waals surface area (Å²) in [4.78, 5) is 13.5. The standard InChI is InChI=1S/C13H21NO2S2/c1-4-17-9-10(2)14-8-12-6-5-11(18-12)7-13(15)16-3/h5-6,10,14H,4,7-9H2,1-3H3. The maximum absolute atomic E-state index is 11.1. The second-order valence-corrected chi connectivity index (χ2v) is 6.63. The Balaban J connectivity index is 2.32. The fourth-order valence-electron chi connectivity index (χ4n) is 1.46. The van der Waals surface area contributed by atoms with Crippen molar-refractivity contribution in [3.63, 3.8) is 0 Å². The van der Waals surface area contributed by atoms with Crippen LogP contribution in [0.2, 0.25) is 0 Å². The van der Waals surface area contributed by atoms with Gasteiger partial charge in [-0.2, -0.15) is 11.8 Å². The quantitative estimate of drug-likeness (QED) is 0.746. The third-order valence-electron chi connectivity index (χ3n) is 2.46. The topological polar surface area (TPSA) is 38.3 Å². The molecule has 3 nitrogen and oxygen atoms in total. The highest BCUT2D eigenvalue weighted by molar-refractivity contribution is 7.99. The van der Waals surface area contributed by atoms with E-state index >= 15 is 0 Å². The van der Waals surface area contributed by atoms with Crippen molar-refractivity contribution in [2.24, 2.45) is 0 Å². The molecule has 0 aliphatic rings. The fraction of sp³-hybridized carbons (Fsp3) is 0.615. The van der Waals surface area contributed by atoms with Gasteiger partial charge in [-0.15, -0.1) is 11.3 Å². The Kier molecular flexibility index (Phi) is 7.39. The average Bonchev–Trinajstić information content (AvgIpc) is 2.81. The van der Waals surface area contributed by atoms with Gasteiger partial charge < -0.3 is 10.1 Å². The highest BCUT2D eigenvalue weighted by atomic mass is 32.2. The predicted molar refractivity (Wildman–Crippen MR) is 79.3 cm³/mol. The zero-order chi connectivity index (χ0) is 13.4. The molecule has 0 saturated carbocycles. The molecule has 0 aromatic carbocycles. The van der Waals surface area contributed by atoms with Gasteiger partial charge >= 0.3 is 5.97 Å². The van der Waals surface area contributed by atoms with Crippen LogP contribution in [0.25, 0.3) is 0 Å². The van der Waals surface area contributed by atoms with Gasteiger partial charge in [0.25, 0.3) is 0 Å². The van der Waals surface area contributed by atoms with Gasteiger partial charge in [0.05, 0.1) is 13.5 Å². The molecular formula is C13H21NO2S2. The van der Waals surface area contributed by atoms with Gasteiger partial charge in [0.1, 0.15) is 0 Å². The zero-order valence-electron chi connectivity index (χ0n) is 11.2. The van der Waals surface area contributed by atoms with Gasteiger partial charge in [-0.05, 0) is 24.8 Å². The lowest BCUT2D eigenvalue weighted by atomic mass is 10.3. The minimum Gasteiger partial charge on any atom is -0.469 e. The number of hydrogen-bond acceptors (Lipinski definition) is 5. The van der Waals surface area contributed by atoms with Crippen LogP contribution in [0.1, 0.15) is 23.6 Å². The fourth-order valence-corrected chi connectivity index (χ4v) is 3.12. The van der Waals surface area contributed by atoms with Gasteiger partial charge in [0, 0.05) is 28.1 Å². The first-order valence-corrected chi connectivity index (χ1v) is 8.08. The Morgan fingerprint density at radius 1 is 1.50 bits per heavy atom. The normalized spacial score (nSPS) is 12.4. The summed E-state index contributed by atoms with van der Waals surface area (Å²) >= 11 is 3.62. The minimum absolute atomic E-state index is 0.177. The molecule has 1 aromatic heterocycles. The molecule has 0 aliphatic carbocycles. The SMILES string of the molecule is CCSCC(C)NCc1ccc(CC(=O)OC)s1. The van der Waals surface area contributed by atoms with E-state index in [9.17, 15) is 4.79 Å². The number of thiophene rings is 1. The monoisotopic (exact) mass is 287 g/mol. The van der Waals surface area contributed by atoms with Gasteiger partial charge in [0.15, 0.2) is 0 Å². The average molecular weight is 287 g/mol. The maximum Gasteiger partial charge on any atom is 0.310 e. The Bertz CT molecular complexity index is 366. The number of esters is 1. The van der Waals surface area contributed by atoms with E-state index in [0.29, 0.717) is 12.5 Å². The predicted octanol–water partition coefficient (Wildman–Crippen LogP) is 2.69. The molecule has 0 bridgehead atoms. The van der Waals surface area contributed by atoms with E-state index in [0.717, 1.165) is 22.9 Å². The molecule has 1 heterocycles. The van der Waals surface area contributed by atoms with E-state index in [1.807, 2.05) is 17.8 Å². The van der Waals surface area contributed by atoms with Crippen LogP contribution in [0.15, 0.2) is 12.1 Å². The number of carbonyl (C=O) groups excluding carboxylic acids is 1. The second kappa shape index (κ2) is 8.56. The van der Waals surface area contributed by atoms with E-state index in [4.69, 9.17) is 0 Å². The molecule has 102 valence electrons. The number of methoxy groups -OCH3 is 1. The summed E-state index contributed by atoms with van der Waals surface area (Å²) in [6.45, 7) is 5.25. The van der Waals surface area contributed by atoms with Crippen LogP contribution in [-0.4, -0.2) is 30.6 Å². The number of hydrogen-bond donors (Lipinski definition) is 1. The molecule has 1 aromatic rings. The molecule has 0 fully saturated rings. The van der Waals surface area contributed by atoms with Gasteiger partial charge in [-0.25, -0.2) is 0 Å². The number of nitrogens with one attached hydrogen (secondary N) is 1. The van der Waals surface area contributed by atoms with Crippen molar-refractivity contribution in [3.05, 3.63) is 21.9 Å². The smallest absolute Gasteiger partial charge is 0.310 e. The first-order chi connectivity index (χ1) is 8.65. The van der Waals surface area contributed by atoms with E-state index in [2.05, 4.69) is 30.0 Å². The Morgan fingerprint density at radius 3 is 2.89 bits per heavy atom. The van der Waals surface area contributed by atoms with Crippen molar-refractivity contribution in [3.8, 4) is 0 Å². The first kappa shape index (κ1) is 15.5. The number of thioether (sulfide) groups is 1. The molecule has 0 amide bonds. The van der Waals surface area contributed by atoms with Crippen molar-refractivity contribution >= 4 is 29.1 Å². The lowest BCUT2D eigenvalue weighted by Gasteiger charge is -2.11. The summed E-state index contributed by atoms with van der Waals surface area (Å²) in [6, 6.07) is 4.60. The highest BCUT2D eigenvalue weighted by Crippen LogP contribution is 2.17. The van der Waals surface area contributed by atoms with E-state index in [1.54, 1.807) is 11.3 Å². The van der Waals surface area contributed by atoms with Gasteiger partial charge in [0.2, 0.25) is 0 Å². The lowest BCUT2D eigenvalue weighted by molar-refractivity contribution is -0.139. The largest absolute Gasteiger partial charge is 0.469 e. The van der Waals surface area contributed by atoms with Crippen molar-refractivity contribution in [1.29, 1.82) is 0 Å². The van der Waals surface area contributed by atoms with Crippen LogP contribution in [-0.2, 0) is 22.5 Å². The van der Waals surface area contributed by atoms with Crippen molar-refractivity contribution in [2.45, 2.75) is 32.9 Å². The molecule has 1 N–H and O–H groups in total. The van der Waals surface area contributed by atoms with Gasteiger partial charge in [-0.1, -0.05) is 6.92 Å². The first-order valence-electron chi connectivity index (χ1n) is 6.11. The molecule has 0 spiro atoms. The molecule has 5 heteroatoms. The Labute approximate surface area is 117 Å². The zero-order valence-corrected chi connectivity index (χ0v) is 12.8. The van der Waals surface area contributed by atoms with Crippen molar-refractivity contribution < 1.29 is 9.53 Å². The van der Waals surface area contributed by atoms with Crippen LogP contribution in [0, 0.1) is 0 Å². The molecule has 18 heavy (non-hydrogen) atoms. The maximum atomic E-state index is 11.1. The summed E-state index contributed by atoms with van der Waals surface area (Å²) in [7, 11) is 1.42. The summed E-state index contributed by atoms with van der Waals surface area (Å²) in [5.74, 6) is 2.12. The molecular weight excluding hydrogens is 266 g/mol. The highest BCUT2D eigenvalue weighted by Gasteiger charge is 2.07. The van der Waals surface area contributed by atoms with E-state index in [1.165, 1.54) is 12.0 Å². The number of carbonyl (C=O) groups is 1. The van der Waals surface area contributed by atoms with Crippen LogP contribution in [0.4, 0.5) is 0 Å². The third-order valence-corrected chi connectivity index (χ3v) is 4.69. The molecule has 1 unspecified atom stereocenters. The van der Waals surface area contributed by atoms with E-state index in [-0.39, 0.29) is 5.97 Å². The summed E-state index contributed by atoms with van der Waals surface area (Å²) < 4.78 is 4.66. The second-order valence-electron chi connectivity index (χ2n) is 4.06. The van der Waals surface area contributed by atoms with Crippen LogP contribution < -0.4 is 5.32 Å². The summed E-state index contributed by atoms with van der Waals surface area (Å²) in [5, 5.41) is 3.49. The van der Waals surface area contributed by atoms with Crippen LogP contribution in [0.3, 0.4) is 0 Å². The van der Waals surface area contributed by atoms with Crippen LogP contribution in [0.5, 0.6) is 0 Å². The molecule has 1 rings (SSSR count). The van der Waals surface area contributed by atoms with Crippen molar-refractivity contribution in [2.75, 3.05) is 18.6 Å². The molecule has 0 saturated heterocycles. The molecule has 1 atom stereocenters. The molecule has 0 aliphatic heterocycles. The van der Waals surface area contributed by atoms with Crippen LogP contribution >= 0.6 is 23.1 Å². The lowest BCUT2D eigenvalue weighted by Crippen LogP contribution is -2.27. The minimum atomic E-state index is -0.177. The summed E-state index contributed by atoms with van der Waals surface area (Å²) in [5.41, 5.74) is 0. The third kappa shape index (κ3) is 5.89. The molecule has 0 radical (unpaired) electrons. The number of ether oxygens (including phenoxy) is 1.